The summed E-state index contributed by atoms with van der Waals surface area (Å²) in [5, 5.41) is 0. The molecule has 1 saturated carbocycles. The van der Waals surface area contributed by atoms with E-state index in [1.807, 2.05) is 14.1 Å². The van der Waals surface area contributed by atoms with E-state index in [1.165, 1.54) is 0 Å². The Labute approximate surface area is 85.4 Å². The Morgan fingerprint density at radius 2 is 2.36 bits per heavy atom. The van der Waals surface area contributed by atoms with Crippen LogP contribution in [-0.4, -0.2) is 25.6 Å². The van der Waals surface area contributed by atoms with Crippen LogP contribution in [0.1, 0.15) is 26.2 Å². The topological polar surface area (TPSA) is 43.4 Å². The first kappa shape index (κ1) is 11.3. The summed E-state index contributed by atoms with van der Waals surface area (Å²) in [6.07, 6.45) is 1.80. The Morgan fingerprint density at radius 3 is 2.93 bits per heavy atom. The lowest BCUT2D eigenvalue weighted by Crippen LogP contribution is -2.29. The van der Waals surface area contributed by atoms with Gasteiger partial charge in [-0.3, -0.25) is 4.79 Å². The van der Waals surface area contributed by atoms with Crippen LogP contribution in [0.2, 0.25) is 12.6 Å². The zero-order chi connectivity index (χ0) is 10.6. The van der Waals surface area contributed by atoms with Crippen LogP contribution in [-0.2, 0) is 14.3 Å². The monoisotopic (exact) mass is 195 g/mol. The minimum absolute atomic E-state index is 0.0434. The van der Waals surface area contributed by atoms with Gasteiger partial charge in [0.05, 0.1) is 12.5 Å². The Hall–Kier alpha value is -0.795. The summed E-state index contributed by atoms with van der Waals surface area (Å²) < 4.78 is 4.95. The molecule has 77 valence electrons. The Morgan fingerprint density at radius 1 is 1.64 bits per heavy atom. The second-order valence-corrected chi connectivity index (χ2v) is 3.63. The van der Waals surface area contributed by atoms with Crippen LogP contribution in [0.15, 0.2) is 0 Å². The van der Waals surface area contributed by atoms with Crippen LogP contribution in [0.25, 0.3) is 0 Å². The summed E-state index contributed by atoms with van der Waals surface area (Å²) in [5.41, 5.74) is 0. The predicted octanol–water partition coefficient (Wildman–Crippen LogP) is 1.46. The van der Waals surface area contributed by atoms with Gasteiger partial charge in [0.1, 0.15) is 13.1 Å². The van der Waals surface area contributed by atoms with Gasteiger partial charge in [-0.05, 0) is 25.6 Å². The third-order valence-corrected chi connectivity index (χ3v) is 2.71. The fourth-order valence-electron chi connectivity index (χ4n) is 1.85. The summed E-state index contributed by atoms with van der Waals surface area (Å²) in [6.45, 7) is 4.09. The average molecular weight is 195 g/mol. The molecule has 4 heteroatoms. The molecule has 0 N–H and O–H groups in total. The van der Waals surface area contributed by atoms with E-state index < -0.39 is 0 Å². The lowest BCUT2D eigenvalue weighted by Gasteiger charge is -2.25. The molecule has 0 aromatic heterocycles. The maximum Gasteiger partial charge on any atom is 0.308 e. The van der Waals surface area contributed by atoms with E-state index >= 15 is 0 Å². The standard InChI is InChI=1S/C10H16BO3/c1-3-14-10(13)7-4-5-9(12)8(6-7)11-2/h7-8H,3-6H2,1-2H3. The van der Waals surface area contributed by atoms with Gasteiger partial charge in [-0.2, -0.15) is 0 Å². The summed E-state index contributed by atoms with van der Waals surface area (Å²) in [5.74, 6) is -0.00750. The summed E-state index contributed by atoms with van der Waals surface area (Å²) in [4.78, 5) is 22.8. The molecule has 1 fully saturated rings. The molecule has 1 radical (unpaired) electrons. The van der Waals surface area contributed by atoms with Crippen LogP contribution in [0, 0.1) is 5.92 Å². The molecule has 3 nitrogen and oxygen atoms in total. The lowest BCUT2D eigenvalue weighted by atomic mass is 9.58. The molecule has 0 bridgehead atoms. The van der Waals surface area contributed by atoms with Crippen LogP contribution in [0.4, 0.5) is 0 Å². The largest absolute Gasteiger partial charge is 0.466 e. The molecule has 0 amide bonds. The maximum atomic E-state index is 11.4. The first-order valence-electron chi connectivity index (χ1n) is 5.17. The number of ketones is 1. The van der Waals surface area contributed by atoms with Crippen molar-refractivity contribution >= 4 is 19.0 Å². The molecule has 0 spiro atoms. The molecule has 14 heavy (non-hydrogen) atoms. The summed E-state index contributed by atoms with van der Waals surface area (Å²) in [7, 11) is 1.88. The van der Waals surface area contributed by atoms with Gasteiger partial charge in [-0.15, -0.1) is 0 Å². The predicted molar refractivity (Wildman–Crippen MR) is 54.3 cm³/mol. The molecule has 0 saturated heterocycles. The molecular weight excluding hydrogens is 179 g/mol. The van der Waals surface area contributed by atoms with Crippen molar-refractivity contribution in [2.75, 3.05) is 6.61 Å². The molecule has 2 atom stereocenters. The van der Waals surface area contributed by atoms with Gasteiger partial charge in [0.25, 0.3) is 0 Å². The van der Waals surface area contributed by atoms with Crippen LogP contribution >= 0.6 is 0 Å². The van der Waals surface area contributed by atoms with Crippen LogP contribution in [0.5, 0.6) is 0 Å². The highest BCUT2D eigenvalue weighted by Crippen LogP contribution is 2.30. The molecular formula is C10H16BO3. The van der Waals surface area contributed by atoms with Crippen molar-refractivity contribution in [1.29, 1.82) is 0 Å². The van der Waals surface area contributed by atoms with Gasteiger partial charge in [0.2, 0.25) is 0 Å². The number of Topliss-reactive ketones (excluding diaryl/α,β-unsaturated/α-hetero) is 1. The van der Waals surface area contributed by atoms with Crippen molar-refractivity contribution in [3.63, 3.8) is 0 Å². The van der Waals surface area contributed by atoms with Crippen molar-refractivity contribution in [3.05, 3.63) is 0 Å². The van der Waals surface area contributed by atoms with Gasteiger partial charge in [-0.25, -0.2) is 0 Å². The zero-order valence-corrected chi connectivity index (χ0v) is 8.79. The van der Waals surface area contributed by atoms with Crippen LogP contribution < -0.4 is 0 Å². The SMILES string of the molecule is C[B]C1CC(C(=O)OCC)CCC1=O. The van der Waals surface area contributed by atoms with E-state index in [0.29, 0.717) is 25.9 Å². The Kier molecular flexibility index (Phi) is 4.17. The lowest BCUT2D eigenvalue weighted by molar-refractivity contribution is -0.149. The normalized spacial score (nSPS) is 27.1. The second-order valence-electron chi connectivity index (χ2n) is 3.63. The number of hydrogen-bond donors (Lipinski definition) is 0. The quantitative estimate of drug-likeness (QED) is 0.505. The summed E-state index contributed by atoms with van der Waals surface area (Å²) >= 11 is 0. The van der Waals surface area contributed by atoms with Gasteiger partial charge >= 0.3 is 5.97 Å². The number of hydrogen-bond acceptors (Lipinski definition) is 3. The van der Waals surface area contributed by atoms with Gasteiger partial charge in [0, 0.05) is 6.42 Å². The maximum absolute atomic E-state index is 11.4. The molecule has 0 aromatic rings. The molecule has 1 aliphatic carbocycles. The van der Waals surface area contributed by atoms with Gasteiger partial charge in [0.15, 0.2) is 0 Å². The molecule has 0 aromatic carbocycles. The molecule has 1 aliphatic rings. The number of carbonyl (C=O) groups is 2. The molecule has 1 rings (SSSR count). The van der Waals surface area contributed by atoms with E-state index in [4.69, 9.17) is 4.74 Å². The highest BCUT2D eigenvalue weighted by atomic mass is 16.5. The Bertz CT molecular complexity index is 227. The number of rotatable bonds is 3. The molecule has 0 heterocycles. The molecule has 0 aliphatic heterocycles. The van der Waals surface area contributed by atoms with Crippen molar-refractivity contribution < 1.29 is 14.3 Å². The highest BCUT2D eigenvalue weighted by molar-refractivity contribution is 6.42. The van der Waals surface area contributed by atoms with Crippen molar-refractivity contribution in [3.8, 4) is 0 Å². The zero-order valence-electron chi connectivity index (χ0n) is 8.79. The minimum atomic E-state index is -0.146. The second kappa shape index (κ2) is 5.18. The fourth-order valence-corrected chi connectivity index (χ4v) is 1.85. The third kappa shape index (κ3) is 2.60. The van der Waals surface area contributed by atoms with Gasteiger partial charge < -0.3 is 9.53 Å². The smallest absolute Gasteiger partial charge is 0.308 e. The van der Waals surface area contributed by atoms with E-state index in [0.717, 1.165) is 0 Å². The van der Waals surface area contributed by atoms with E-state index in [9.17, 15) is 9.59 Å². The van der Waals surface area contributed by atoms with E-state index in [-0.39, 0.29) is 23.5 Å². The number of esters is 1. The first-order chi connectivity index (χ1) is 6.69. The van der Waals surface area contributed by atoms with Crippen molar-refractivity contribution in [1.82, 2.24) is 0 Å². The van der Waals surface area contributed by atoms with E-state index in [1.54, 1.807) is 6.92 Å². The van der Waals surface area contributed by atoms with Gasteiger partial charge in [-0.1, -0.05) is 6.82 Å². The number of carbonyl (C=O) groups excluding carboxylic acids is 2. The highest BCUT2D eigenvalue weighted by Gasteiger charge is 2.32. The third-order valence-electron chi connectivity index (χ3n) is 2.71. The van der Waals surface area contributed by atoms with Crippen molar-refractivity contribution in [2.45, 2.75) is 38.8 Å². The minimum Gasteiger partial charge on any atom is -0.466 e. The fraction of sp³-hybridized carbons (Fsp3) is 0.800. The summed E-state index contributed by atoms with van der Waals surface area (Å²) in [6, 6.07) is 0. The van der Waals surface area contributed by atoms with Crippen LogP contribution in [0.3, 0.4) is 0 Å². The first-order valence-corrected chi connectivity index (χ1v) is 5.17. The molecule has 2 unspecified atom stereocenters. The van der Waals surface area contributed by atoms with E-state index in [2.05, 4.69) is 0 Å². The average Bonchev–Trinajstić information content (AvgIpc) is 2.19. The Balaban J connectivity index is 2.49. The number of ether oxygens (including phenoxy) is 1. The van der Waals surface area contributed by atoms with Crippen molar-refractivity contribution in [2.24, 2.45) is 5.92 Å².